The van der Waals surface area contributed by atoms with E-state index in [2.05, 4.69) is 6.07 Å². The third kappa shape index (κ3) is 1.69. The van der Waals surface area contributed by atoms with Gasteiger partial charge in [-0.05, 0) is 12.8 Å². The zero-order valence-corrected chi connectivity index (χ0v) is 5.95. The predicted octanol–water partition coefficient (Wildman–Crippen LogP) is 0.172. The zero-order valence-electron chi connectivity index (χ0n) is 5.95. The Balaban J connectivity index is 2.25. The van der Waals surface area contributed by atoms with E-state index in [0.29, 0.717) is 0 Å². The number of piperidine rings is 1. The second kappa shape index (κ2) is 3.55. The highest BCUT2D eigenvalue weighted by Crippen LogP contribution is 2.14. The van der Waals surface area contributed by atoms with Gasteiger partial charge >= 0.3 is 0 Å². The van der Waals surface area contributed by atoms with Gasteiger partial charge in [0, 0.05) is 19.0 Å². The second-order valence-electron chi connectivity index (χ2n) is 2.66. The number of nitriles is 1. The zero-order chi connectivity index (χ0) is 7.40. The normalized spacial score (nSPS) is 22.4. The molecule has 0 aromatic rings. The van der Waals surface area contributed by atoms with Gasteiger partial charge in [-0.1, -0.05) is 0 Å². The molecule has 0 aromatic carbocycles. The summed E-state index contributed by atoms with van der Waals surface area (Å²) in [6.07, 6.45) is 1.83. The highest BCUT2D eigenvalue weighted by molar-refractivity contribution is 4.86. The lowest BCUT2D eigenvalue weighted by molar-refractivity contribution is 0.0810. The van der Waals surface area contributed by atoms with Crippen molar-refractivity contribution in [2.24, 2.45) is 5.92 Å². The van der Waals surface area contributed by atoms with Gasteiger partial charge in [0.25, 0.3) is 0 Å². The molecule has 1 aliphatic heterocycles. The van der Waals surface area contributed by atoms with Crippen LogP contribution in [0.1, 0.15) is 12.8 Å². The van der Waals surface area contributed by atoms with Crippen molar-refractivity contribution in [2.45, 2.75) is 12.8 Å². The van der Waals surface area contributed by atoms with Gasteiger partial charge in [-0.3, -0.25) is 4.90 Å². The molecule has 1 saturated heterocycles. The Hall–Kier alpha value is -0.590. The largest absolute Gasteiger partial charge is 0.381 e. The van der Waals surface area contributed by atoms with Gasteiger partial charge < -0.3 is 5.11 Å². The van der Waals surface area contributed by atoms with Crippen molar-refractivity contribution in [1.82, 2.24) is 4.90 Å². The van der Waals surface area contributed by atoms with E-state index in [1.165, 1.54) is 0 Å². The minimum Gasteiger partial charge on any atom is -0.381 e. The van der Waals surface area contributed by atoms with Crippen LogP contribution in [0.15, 0.2) is 0 Å². The summed E-state index contributed by atoms with van der Waals surface area (Å²) in [5.41, 5.74) is 0. The summed E-state index contributed by atoms with van der Waals surface area (Å²) in [5.74, 6) is 0.225. The van der Waals surface area contributed by atoms with Gasteiger partial charge in [-0.15, -0.1) is 0 Å². The average Bonchev–Trinajstić information content (AvgIpc) is 2.05. The molecule has 0 spiro atoms. The fourth-order valence-corrected chi connectivity index (χ4v) is 1.20. The number of nitrogens with zero attached hydrogens (tertiary/aromatic N) is 2. The van der Waals surface area contributed by atoms with Crippen LogP contribution in [0.4, 0.5) is 0 Å². The molecule has 0 radical (unpaired) electrons. The summed E-state index contributed by atoms with van der Waals surface area (Å²) in [7, 11) is 0. The number of rotatable bonds is 1. The Morgan fingerprint density at radius 3 is 2.50 bits per heavy atom. The quantitative estimate of drug-likeness (QED) is 0.565. The van der Waals surface area contributed by atoms with Gasteiger partial charge in [0.15, 0.2) is 0 Å². The Labute approximate surface area is 60.9 Å². The number of likely N-dealkylation sites (tertiary alicyclic amines) is 1. The first-order chi connectivity index (χ1) is 4.86. The lowest BCUT2D eigenvalue weighted by atomic mass is 9.99. The maximum atomic E-state index is 8.69. The van der Waals surface area contributed by atoms with Crippen molar-refractivity contribution in [3.05, 3.63) is 0 Å². The molecular weight excluding hydrogens is 128 g/mol. The second-order valence-corrected chi connectivity index (χ2v) is 2.66. The molecule has 0 amide bonds. The van der Waals surface area contributed by atoms with Crippen LogP contribution in [0.3, 0.4) is 0 Å². The van der Waals surface area contributed by atoms with E-state index in [1.807, 2.05) is 4.90 Å². The van der Waals surface area contributed by atoms with Gasteiger partial charge in [-0.25, -0.2) is 0 Å². The molecular formula is C7H12N2O. The average molecular weight is 140 g/mol. The molecule has 0 unspecified atom stereocenters. The fourth-order valence-electron chi connectivity index (χ4n) is 1.20. The summed E-state index contributed by atoms with van der Waals surface area (Å²) >= 11 is 0. The first kappa shape index (κ1) is 7.52. The molecule has 3 heteroatoms. The highest BCUT2D eigenvalue weighted by atomic mass is 16.3. The molecule has 1 heterocycles. The molecule has 1 rings (SSSR count). The van der Waals surface area contributed by atoms with E-state index in [0.717, 1.165) is 25.9 Å². The topological polar surface area (TPSA) is 47.3 Å². The maximum Gasteiger partial charge on any atom is 0.0956 e. The fraction of sp³-hybridized carbons (Fsp3) is 0.857. The minimum atomic E-state index is 0.137. The summed E-state index contributed by atoms with van der Waals surface area (Å²) in [6, 6.07) is 2.24. The van der Waals surface area contributed by atoms with Crippen molar-refractivity contribution in [2.75, 3.05) is 19.8 Å². The maximum absolute atomic E-state index is 8.69. The van der Waals surface area contributed by atoms with Gasteiger partial charge in [-0.2, -0.15) is 5.26 Å². The van der Waals surface area contributed by atoms with Crippen molar-refractivity contribution in [1.29, 1.82) is 5.26 Å². The third-order valence-corrected chi connectivity index (χ3v) is 1.97. The molecule has 0 atom stereocenters. The molecule has 56 valence electrons. The van der Waals surface area contributed by atoms with E-state index in [9.17, 15) is 0 Å². The minimum absolute atomic E-state index is 0.137. The molecule has 0 aromatic heterocycles. The van der Waals surface area contributed by atoms with E-state index in [-0.39, 0.29) is 12.6 Å². The molecule has 0 bridgehead atoms. The smallest absolute Gasteiger partial charge is 0.0956 e. The van der Waals surface area contributed by atoms with E-state index >= 15 is 0 Å². The van der Waals surface area contributed by atoms with Crippen LogP contribution in [0, 0.1) is 17.2 Å². The summed E-state index contributed by atoms with van der Waals surface area (Å²) in [4.78, 5) is 1.95. The Morgan fingerprint density at radius 2 is 2.10 bits per heavy atom. The first-order valence-electron chi connectivity index (χ1n) is 3.59. The van der Waals surface area contributed by atoms with Gasteiger partial charge in [0.05, 0.1) is 12.8 Å². The van der Waals surface area contributed by atoms with Crippen molar-refractivity contribution in [3.63, 3.8) is 0 Å². The summed E-state index contributed by atoms with van der Waals surface area (Å²) < 4.78 is 0. The van der Waals surface area contributed by atoms with Crippen molar-refractivity contribution >= 4 is 0 Å². The molecule has 0 aliphatic carbocycles. The Morgan fingerprint density at radius 1 is 1.50 bits per heavy atom. The first-order valence-corrected chi connectivity index (χ1v) is 3.59. The van der Waals surface area contributed by atoms with Crippen LogP contribution in [-0.4, -0.2) is 29.8 Å². The Kier molecular flexibility index (Phi) is 2.67. The van der Waals surface area contributed by atoms with E-state index < -0.39 is 0 Å². The van der Waals surface area contributed by atoms with E-state index in [4.69, 9.17) is 10.4 Å². The van der Waals surface area contributed by atoms with Gasteiger partial charge in [0.1, 0.15) is 0 Å². The molecule has 10 heavy (non-hydrogen) atoms. The van der Waals surface area contributed by atoms with Crippen LogP contribution in [-0.2, 0) is 0 Å². The monoisotopic (exact) mass is 140 g/mol. The summed E-state index contributed by atoms with van der Waals surface area (Å²) in [5, 5.41) is 17.2. The SMILES string of the molecule is N#CC1CCN(CO)CC1. The summed E-state index contributed by atoms with van der Waals surface area (Å²) in [6.45, 7) is 1.88. The predicted molar refractivity (Wildman–Crippen MR) is 37.0 cm³/mol. The lowest BCUT2D eigenvalue weighted by Crippen LogP contribution is -2.33. The van der Waals surface area contributed by atoms with Crippen molar-refractivity contribution in [3.8, 4) is 6.07 Å². The van der Waals surface area contributed by atoms with Crippen LogP contribution in [0.25, 0.3) is 0 Å². The van der Waals surface area contributed by atoms with E-state index in [1.54, 1.807) is 0 Å². The number of aliphatic hydroxyl groups excluding tert-OH is 1. The molecule has 1 fully saturated rings. The van der Waals surface area contributed by atoms with Crippen LogP contribution >= 0.6 is 0 Å². The number of aliphatic hydroxyl groups is 1. The van der Waals surface area contributed by atoms with Crippen LogP contribution in [0.2, 0.25) is 0 Å². The standard InChI is InChI=1S/C7H12N2O/c8-5-7-1-3-9(6-10)4-2-7/h7,10H,1-4,6H2. The van der Waals surface area contributed by atoms with Gasteiger partial charge in [0.2, 0.25) is 0 Å². The molecule has 0 saturated carbocycles. The number of hydrogen-bond acceptors (Lipinski definition) is 3. The molecule has 1 aliphatic rings. The van der Waals surface area contributed by atoms with Crippen molar-refractivity contribution < 1.29 is 5.11 Å². The molecule has 3 nitrogen and oxygen atoms in total. The van der Waals surface area contributed by atoms with Crippen LogP contribution in [0.5, 0.6) is 0 Å². The third-order valence-electron chi connectivity index (χ3n) is 1.97. The van der Waals surface area contributed by atoms with Crippen LogP contribution < -0.4 is 0 Å². The molecule has 1 N–H and O–H groups in total. The Bertz CT molecular complexity index is 133. The highest BCUT2D eigenvalue weighted by Gasteiger charge is 2.16. The number of hydrogen-bond donors (Lipinski definition) is 1. The lowest BCUT2D eigenvalue weighted by Gasteiger charge is -2.26.